The fourth-order valence-electron chi connectivity index (χ4n) is 0.476. The molecule has 0 rings (SSSR count). The van der Waals surface area contributed by atoms with Crippen molar-refractivity contribution in [3.63, 3.8) is 0 Å². The molecule has 0 aromatic carbocycles. The molecular formula is C5H14ClNS2. The van der Waals surface area contributed by atoms with Gasteiger partial charge in [-0.1, -0.05) is 0 Å². The van der Waals surface area contributed by atoms with E-state index in [4.69, 9.17) is 5.73 Å². The van der Waals surface area contributed by atoms with E-state index in [1.54, 1.807) is 0 Å². The molecule has 0 saturated heterocycles. The van der Waals surface area contributed by atoms with Crippen LogP contribution in [0.1, 0.15) is 12.8 Å². The number of hydrogen-bond acceptors (Lipinski definition) is 3. The third kappa shape index (κ3) is 8.95. The van der Waals surface area contributed by atoms with Crippen molar-refractivity contribution < 1.29 is 0 Å². The standard InChI is InChI=1S/C5H13NS2.ClH/c6-5(1-3-7)2-4-8;/h5,7-8H,1-4,6H2;1H. The second-order valence-corrected chi connectivity index (χ2v) is 2.68. The van der Waals surface area contributed by atoms with Gasteiger partial charge in [-0.2, -0.15) is 25.3 Å². The molecule has 0 atom stereocenters. The Bertz CT molecular complexity index is 48.2. The smallest absolute Gasteiger partial charge is 0.00543 e. The van der Waals surface area contributed by atoms with Crippen LogP contribution in [-0.4, -0.2) is 17.5 Å². The van der Waals surface area contributed by atoms with Gasteiger partial charge < -0.3 is 5.73 Å². The summed E-state index contributed by atoms with van der Waals surface area (Å²) in [7, 11) is 0. The van der Waals surface area contributed by atoms with Crippen molar-refractivity contribution in [3.05, 3.63) is 0 Å². The molecule has 4 heteroatoms. The lowest BCUT2D eigenvalue weighted by atomic mass is 10.2. The minimum atomic E-state index is 0. The van der Waals surface area contributed by atoms with Gasteiger partial charge in [0.25, 0.3) is 0 Å². The number of rotatable bonds is 4. The predicted octanol–water partition coefficient (Wildman–Crippen LogP) is 1.38. The van der Waals surface area contributed by atoms with Crippen LogP contribution < -0.4 is 5.73 Å². The van der Waals surface area contributed by atoms with Crippen LogP contribution in [0.5, 0.6) is 0 Å². The number of thiol groups is 2. The van der Waals surface area contributed by atoms with E-state index in [0.29, 0.717) is 6.04 Å². The summed E-state index contributed by atoms with van der Waals surface area (Å²) in [5, 5.41) is 0. The van der Waals surface area contributed by atoms with E-state index in [0.717, 1.165) is 24.3 Å². The Morgan fingerprint density at radius 2 is 1.44 bits per heavy atom. The van der Waals surface area contributed by atoms with Gasteiger partial charge >= 0.3 is 0 Å². The number of hydrogen-bond donors (Lipinski definition) is 3. The minimum Gasteiger partial charge on any atom is -0.328 e. The number of halogens is 1. The first-order valence-electron chi connectivity index (χ1n) is 2.78. The normalized spacial score (nSPS) is 9.33. The Labute approximate surface area is 74.0 Å². The van der Waals surface area contributed by atoms with E-state index >= 15 is 0 Å². The molecule has 0 aliphatic heterocycles. The fraction of sp³-hybridized carbons (Fsp3) is 1.00. The molecule has 0 aromatic heterocycles. The second-order valence-electron chi connectivity index (χ2n) is 1.78. The van der Waals surface area contributed by atoms with Crippen LogP contribution >= 0.6 is 37.7 Å². The van der Waals surface area contributed by atoms with Gasteiger partial charge in [0.2, 0.25) is 0 Å². The molecule has 0 spiro atoms. The Morgan fingerprint density at radius 1 is 1.11 bits per heavy atom. The summed E-state index contributed by atoms with van der Waals surface area (Å²) in [5.41, 5.74) is 5.60. The third-order valence-electron chi connectivity index (χ3n) is 1.000. The summed E-state index contributed by atoms with van der Waals surface area (Å²) in [6.07, 6.45) is 2.01. The van der Waals surface area contributed by atoms with Crippen LogP contribution in [0.15, 0.2) is 0 Å². The summed E-state index contributed by atoms with van der Waals surface area (Å²) < 4.78 is 0. The molecule has 0 unspecified atom stereocenters. The van der Waals surface area contributed by atoms with Crippen LogP contribution in [0.25, 0.3) is 0 Å². The van der Waals surface area contributed by atoms with E-state index in [2.05, 4.69) is 25.3 Å². The molecule has 58 valence electrons. The minimum absolute atomic E-state index is 0. The van der Waals surface area contributed by atoms with Crippen LogP contribution in [0.4, 0.5) is 0 Å². The molecule has 2 N–H and O–H groups in total. The van der Waals surface area contributed by atoms with Gasteiger partial charge in [0, 0.05) is 6.04 Å². The van der Waals surface area contributed by atoms with Crippen molar-refractivity contribution >= 4 is 37.7 Å². The number of nitrogens with two attached hydrogens (primary N) is 1. The van der Waals surface area contributed by atoms with Gasteiger partial charge in [-0.15, -0.1) is 12.4 Å². The van der Waals surface area contributed by atoms with Crippen LogP contribution in [-0.2, 0) is 0 Å². The zero-order valence-electron chi connectivity index (χ0n) is 5.29. The molecule has 0 radical (unpaired) electrons. The average molecular weight is 188 g/mol. The first kappa shape index (κ1) is 12.6. The summed E-state index contributed by atoms with van der Waals surface area (Å²) in [6, 6.07) is 0.310. The van der Waals surface area contributed by atoms with Crippen molar-refractivity contribution in [1.29, 1.82) is 0 Å². The summed E-state index contributed by atoms with van der Waals surface area (Å²) in [6.45, 7) is 0. The van der Waals surface area contributed by atoms with Crippen molar-refractivity contribution in [2.45, 2.75) is 18.9 Å². The lowest BCUT2D eigenvalue weighted by Crippen LogP contribution is -2.20. The summed E-state index contributed by atoms with van der Waals surface area (Å²) >= 11 is 8.10. The van der Waals surface area contributed by atoms with E-state index < -0.39 is 0 Å². The molecule has 0 heterocycles. The third-order valence-corrected chi connectivity index (χ3v) is 1.52. The molecule has 0 amide bonds. The first-order valence-corrected chi connectivity index (χ1v) is 4.05. The van der Waals surface area contributed by atoms with Gasteiger partial charge in [0.05, 0.1) is 0 Å². The van der Waals surface area contributed by atoms with Gasteiger partial charge in [-0.05, 0) is 24.3 Å². The Balaban J connectivity index is 0. The molecule has 0 aliphatic rings. The van der Waals surface area contributed by atoms with E-state index in [1.165, 1.54) is 0 Å². The Hall–Kier alpha value is 0.950. The van der Waals surface area contributed by atoms with E-state index in [9.17, 15) is 0 Å². The van der Waals surface area contributed by atoms with Crippen LogP contribution in [0.2, 0.25) is 0 Å². The molecule has 0 aromatic rings. The van der Waals surface area contributed by atoms with Crippen molar-refractivity contribution in [2.75, 3.05) is 11.5 Å². The van der Waals surface area contributed by atoms with Crippen molar-refractivity contribution in [2.24, 2.45) is 5.73 Å². The van der Waals surface area contributed by atoms with E-state index in [1.807, 2.05) is 0 Å². The molecule has 0 saturated carbocycles. The fourth-order valence-corrected chi connectivity index (χ4v) is 1.14. The maximum atomic E-state index is 5.60. The highest BCUT2D eigenvalue weighted by molar-refractivity contribution is 7.80. The highest BCUT2D eigenvalue weighted by Crippen LogP contribution is 1.96. The van der Waals surface area contributed by atoms with Gasteiger partial charge in [-0.25, -0.2) is 0 Å². The SMILES string of the molecule is Cl.NC(CCS)CCS. The molecule has 9 heavy (non-hydrogen) atoms. The van der Waals surface area contributed by atoms with Crippen molar-refractivity contribution in [3.8, 4) is 0 Å². The molecular weight excluding hydrogens is 174 g/mol. The highest BCUT2D eigenvalue weighted by atomic mass is 35.5. The maximum Gasteiger partial charge on any atom is 0.00543 e. The second kappa shape index (κ2) is 8.95. The van der Waals surface area contributed by atoms with Gasteiger partial charge in [0.15, 0.2) is 0 Å². The van der Waals surface area contributed by atoms with Crippen LogP contribution in [0.3, 0.4) is 0 Å². The first-order chi connectivity index (χ1) is 3.81. The topological polar surface area (TPSA) is 26.0 Å². The van der Waals surface area contributed by atoms with Crippen LogP contribution in [0, 0.1) is 0 Å². The monoisotopic (exact) mass is 187 g/mol. The zero-order valence-corrected chi connectivity index (χ0v) is 7.89. The predicted molar refractivity (Wildman–Crippen MR) is 52.2 cm³/mol. The Kier molecular flexibility index (Phi) is 12.5. The van der Waals surface area contributed by atoms with Gasteiger partial charge in [0.1, 0.15) is 0 Å². The quantitative estimate of drug-likeness (QED) is 0.570. The Morgan fingerprint density at radius 3 is 1.67 bits per heavy atom. The average Bonchev–Trinajstić information content (AvgIpc) is 1.68. The molecule has 0 aliphatic carbocycles. The molecule has 0 fully saturated rings. The van der Waals surface area contributed by atoms with Gasteiger partial charge in [-0.3, -0.25) is 0 Å². The summed E-state index contributed by atoms with van der Waals surface area (Å²) in [5.74, 6) is 1.77. The lowest BCUT2D eigenvalue weighted by molar-refractivity contribution is 0.641. The lowest BCUT2D eigenvalue weighted by Gasteiger charge is -2.05. The highest BCUT2D eigenvalue weighted by Gasteiger charge is 1.96. The molecule has 1 nitrogen and oxygen atoms in total. The largest absolute Gasteiger partial charge is 0.328 e. The zero-order chi connectivity index (χ0) is 6.41. The van der Waals surface area contributed by atoms with Crippen molar-refractivity contribution in [1.82, 2.24) is 0 Å². The maximum absolute atomic E-state index is 5.60. The van der Waals surface area contributed by atoms with E-state index in [-0.39, 0.29) is 12.4 Å². The summed E-state index contributed by atoms with van der Waals surface area (Å²) in [4.78, 5) is 0. The molecule has 0 bridgehead atoms.